The molecule has 6 heteroatoms. The summed E-state index contributed by atoms with van der Waals surface area (Å²) in [6.45, 7) is 8.09. The molecule has 0 saturated heterocycles. The summed E-state index contributed by atoms with van der Waals surface area (Å²) < 4.78 is 10.4. The zero-order valence-electron chi connectivity index (χ0n) is 12.3. The van der Waals surface area contributed by atoms with Crippen LogP contribution in [0.1, 0.15) is 34.1 Å². The van der Waals surface area contributed by atoms with Crippen LogP contribution in [0.5, 0.6) is 0 Å². The molecule has 0 bridgehead atoms. The van der Waals surface area contributed by atoms with Crippen LogP contribution in [0.15, 0.2) is 17.0 Å². The van der Waals surface area contributed by atoms with Crippen LogP contribution in [0, 0.1) is 11.3 Å². The van der Waals surface area contributed by atoms with Gasteiger partial charge in [0, 0.05) is 0 Å². The van der Waals surface area contributed by atoms with Crippen LogP contribution >= 0.6 is 0 Å². The Labute approximate surface area is 118 Å². The summed E-state index contributed by atoms with van der Waals surface area (Å²) in [5, 5.41) is 14.6. The van der Waals surface area contributed by atoms with Gasteiger partial charge in [0.15, 0.2) is 11.5 Å². The standard InChI is InChI=1S/C14H21NO5/c1-5-18-9-7-8-13(3,4)11-10(12(16)19-6-2)15-20-14(9,11)17/h7,11,17H,5-6,8H2,1-4H3. The monoisotopic (exact) mass is 283 g/mol. The molecule has 0 fully saturated rings. The minimum atomic E-state index is -1.72. The molecule has 1 N–H and O–H groups in total. The topological polar surface area (TPSA) is 77.4 Å². The van der Waals surface area contributed by atoms with E-state index in [0.717, 1.165) is 0 Å². The van der Waals surface area contributed by atoms with Crippen LogP contribution in [0.3, 0.4) is 0 Å². The van der Waals surface area contributed by atoms with Crippen LogP contribution in [-0.4, -0.2) is 35.8 Å². The first-order valence-electron chi connectivity index (χ1n) is 6.85. The lowest BCUT2D eigenvalue weighted by Gasteiger charge is -2.42. The molecule has 0 radical (unpaired) electrons. The smallest absolute Gasteiger partial charge is 0.356 e. The lowest BCUT2D eigenvalue weighted by Crippen LogP contribution is -2.52. The van der Waals surface area contributed by atoms with Crippen LogP contribution in [0.2, 0.25) is 0 Å². The van der Waals surface area contributed by atoms with Gasteiger partial charge in [-0.25, -0.2) is 4.79 Å². The molecule has 112 valence electrons. The normalized spacial score (nSPS) is 30.8. The van der Waals surface area contributed by atoms with Gasteiger partial charge in [0.2, 0.25) is 0 Å². The van der Waals surface area contributed by atoms with Crippen molar-refractivity contribution in [2.24, 2.45) is 16.5 Å². The SMILES string of the molecule is CCOC(=O)C1=NOC2(O)C(OCC)=CCC(C)(C)C12. The van der Waals surface area contributed by atoms with E-state index in [2.05, 4.69) is 5.16 Å². The molecule has 2 unspecified atom stereocenters. The fourth-order valence-electron chi connectivity index (χ4n) is 2.79. The Hall–Kier alpha value is -1.56. The van der Waals surface area contributed by atoms with E-state index in [9.17, 15) is 9.90 Å². The maximum Gasteiger partial charge on any atom is 0.356 e. The van der Waals surface area contributed by atoms with Crippen LogP contribution in [-0.2, 0) is 19.1 Å². The summed E-state index contributed by atoms with van der Waals surface area (Å²) in [4.78, 5) is 17.2. The number of ether oxygens (including phenoxy) is 2. The van der Waals surface area contributed by atoms with Gasteiger partial charge >= 0.3 is 11.8 Å². The van der Waals surface area contributed by atoms with Gasteiger partial charge in [0.1, 0.15) is 0 Å². The van der Waals surface area contributed by atoms with Gasteiger partial charge in [-0.3, -0.25) is 0 Å². The zero-order chi connectivity index (χ0) is 15.0. The summed E-state index contributed by atoms with van der Waals surface area (Å²) in [6.07, 6.45) is 2.45. The largest absolute Gasteiger partial charge is 0.491 e. The summed E-state index contributed by atoms with van der Waals surface area (Å²) in [6, 6.07) is 0. The maximum atomic E-state index is 12.0. The van der Waals surface area contributed by atoms with Crippen molar-refractivity contribution in [1.29, 1.82) is 0 Å². The van der Waals surface area contributed by atoms with E-state index in [1.807, 2.05) is 20.8 Å². The molecule has 2 rings (SSSR count). The first kappa shape index (κ1) is 14.8. The average molecular weight is 283 g/mol. The Morgan fingerprint density at radius 1 is 1.50 bits per heavy atom. The highest BCUT2D eigenvalue weighted by Gasteiger charge is 2.62. The first-order chi connectivity index (χ1) is 9.36. The predicted molar refractivity (Wildman–Crippen MR) is 71.7 cm³/mol. The first-order valence-corrected chi connectivity index (χ1v) is 6.85. The van der Waals surface area contributed by atoms with Gasteiger partial charge in [0.25, 0.3) is 0 Å². The number of rotatable bonds is 4. The van der Waals surface area contributed by atoms with Gasteiger partial charge in [-0.1, -0.05) is 19.0 Å². The Morgan fingerprint density at radius 3 is 2.80 bits per heavy atom. The molecule has 0 aromatic heterocycles. The van der Waals surface area contributed by atoms with E-state index in [0.29, 0.717) is 18.8 Å². The molecule has 2 atom stereocenters. The summed E-state index contributed by atoms with van der Waals surface area (Å²) in [5.74, 6) is -2.58. The molecular weight excluding hydrogens is 262 g/mol. The van der Waals surface area contributed by atoms with E-state index in [-0.39, 0.29) is 12.3 Å². The highest BCUT2D eigenvalue weighted by molar-refractivity contribution is 6.38. The van der Waals surface area contributed by atoms with Crippen LogP contribution < -0.4 is 0 Å². The zero-order valence-corrected chi connectivity index (χ0v) is 12.3. The van der Waals surface area contributed by atoms with Crippen LogP contribution in [0.25, 0.3) is 0 Å². The minimum absolute atomic E-state index is 0.115. The third kappa shape index (κ3) is 2.18. The van der Waals surface area contributed by atoms with E-state index in [1.165, 1.54) is 0 Å². The van der Waals surface area contributed by atoms with Crippen molar-refractivity contribution in [3.8, 4) is 0 Å². The molecule has 0 aromatic rings. The van der Waals surface area contributed by atoms with E-state index in [4.69, 9.17) is 14.3 Å². The van der Waals surface area contributed by atoms with Crippen molar-refractivity contribution in [1.82, 2.24) is 0 Å². The van der Waals surface area contributed by atoms with Gasteiger partial charge < -0.3 is 19.4 Å². The molecule has 0 saturated carbocycles. The maximum absolute atomic E-state index is 12.0. The molecule has 20 heavy (non-hydrogen) atoms. The second kappa shape index (κ2) is 5.09. The van der Waals surface area contributed by atoms with Gasteiger partial charge in [-0.15, -0.1) is 0 Å². The number of hydrogen-bond acceptors (Lipinski definition) is 6. The molecule has 2 aliphatic rings. The van der Waals surface area contributed by atoms with Crippen molar-refractivity contribution in [2.45, 2.75) is 39.9 Å². The molecule has 6 nitrogen and oxygen atoms in total. The summed E-state index contributed by atoms with van der Waals surface area (Å²) in [7, 11) is 0. The van der Waals surface area contributed by atoms with Crippen molar-refractivity contribution in [3.05, 3.63) is 11.8 Å². The molecule has 1 aliphatic carbocycles. The molecular formula is C14H21NO5. The Morgan fingerprint density at radius 2 is 2.20 bits per heavy atom. The Kier molecular flexibility index (Phi) is 3.77. The lowest BCUT2D eigenvalue weighted by molar-refractivity contribution is -0.224. The number of nitrogens with zero attached hydrogens (tertiary/aromatic N) is 1. The highest BCUT2D eigenvalue weighted by Crippen LogP contribution is 2.50. The number of esters is 1. The Bertz CT molecular complexity index is 468. The fourth-order valence-corrected chi connectivity index (χ4v) is 2.79. The quantitative estimate of drug-likeness (QED) is 0.793. The van der Waals surface area contributed by atoms with Gasteiger partial charge in [-0.05, 0) is 31.8 Å². The molecule has 0 amide bonds. The predicted octanol–water partition coefficient (Wildman–Crippen LogP) is 1.59. The Balaban J connectivity index is 2.37. The van der Waals surface area contributed by atoms with Crippen molar-refractivity contribution in [3.63, 3.8) is 0 Å². The van der Waals surface area contributed by atoms with Crippen molar-refractivity contribution < 1.29 is 24.2 Å². The number of carbonyl (C=O) groups excluding carboxylic acids is 1. The van der Waals surface area contributed by atoms with E-state index in [1.54, 1.807) is 13.0 Å². The lowest BCUT2D eigenvalue weighted by atomic mass is 9.66. The number of aliphatic hydroxyl groups is 1. The van der Waals surface area contributed by atoms with Crippen LogP contribution in [0.4, 0.5) is 0 Å². The number of hydrogen-bond donors (Lipinski definition) is 1. The molecule has 1 aliphatic heterocycles. The highest BCUT2D eigenvalue weighted by atomic mass is 16.8. The second-order valence-corrected chi connectivity index (χ2v) is 5.61. The minimum Gasteiger partial charge on any atom is -0.491 e. The van der Waals surface area contributed by atoms with Crippen molar-refractivity contribution in [2.75, 3.05) is 13.2 Å². The summed E-state index contributed by atoms with van der Waals surface area (Å²) >= 11 is 0. The van der Waals surface area contributed by atoms with Gasteiger partial charge in [0.05, 0.1) is 19.1 Å². The van der Waals surface area contributed by atoms with E-state index < -0.39 is 23.1 Å². The fraction of sp³-hybridized carbons (Fsp3) is 0.714. The second-order valence-electron chi connectivity index (χ2n) is 5.61. The van der Waals surface area contributed by atoms with Gasteiger partial charge in [-0.2, -0.15) is 0 Å². The average Bonchev–Trinajstić information content (AvgIpc) is 2.74. The number of fused-ring (bicyclic) bond motifs is 1. The van der Waals surface area contributed by atoms with Crippen molar-refractivity contribution >= 4 is 11.7 Å². The molecule has 0 spiro atoms. The van der Waals surface area contributed by atoms with E-state index >= 15 is 0 Å². The molecule has 0 aromatic carbocycles. The number of allylic oxidation sites excluding steroid dienone is 1. The third-order valence-corrected chi connectivity index (χ3v) is 3.68. The summed E-state index contributed by atoms with van der Waals surface area (Å²) in [5.41, 5.74) is -0.276. The number of carbonyl (C=O) groups is 1. The molecule has 1 heterocycles. The number of oxime groups is 1. The third-order valence-electron chi connectivity index (χ3n) is 3.68.